The van der Waals surface area contributed by atoms with Crippen molar-refractivity contribution in [3.8, 4) is 0 Å². The van der Waals surface area contributed by atoms with Crippen LogP contribution in [0.4, 0.5) is 0 Å². The molecule has 0 unspecified atom stereocenters. The van der Waals surface area contributed by atoms with Crippen molar-refractivity contribution in [2.24, 2.45) is 4.99 Å². The van der Waals surface area contributed by atoms with Crippen molar-refractivity contribution in [3.63, 3.8) is 0 Å². The number of halogens is 2. The SMILES string of the molecule is C=CCNC(=NC)NCCCNC(=O)c1cccc(Br)c1.I. The molecule has 0 spiro atoms. The summed E-state index contributed by atoms with van der Waals surface area (Å²) >= 11 is 3.35. The first kappa shape index (κ1) is 20.9. The van der Waals surface area contributed by atoms with Crippen LogP contribution in [0.2, 0.25) is 0 Å². The van der Waals surface area contributed by atoms with E-state index in [0.717, 1.165) is 23.4 Å². The van der Waals surface area contributed by atoms with E-state index >= 15 is 0 Å². The van der Waals surface area contributed by atoms with E-state index in [-0.39, 0.29) is 29.9 Å². The van der Waals surface area contributed by atoms with E-state index < -0.39 is 0 Å². The number of hydrogen-bond donors (Lipinski definition) is 3. The molecule has 0 aliphatic carbocycles. The highest BCUT2D eigenvalue weighted by molar-refractivity contribution is 14.0. The summed E-state index contributed by atoms with van der Waals surface area (Å²) in [6.45, 7) is 5.64. The zero-order valence-corrected chi connectivity index (χ0v) is 16.5. The first-order chi connectivity index (χ1) is 10.2. The molecule has 1 aromatic rings. The summed E-state index contributed by atoms with van der Waals surface area (Å²) in [5.74, 6) is 0.665. The molecule has 0 bridgehead atoms. The van der Waals surface area contributed by atoms with Gasteiger partial charge in [0.25, 0.3) is 5.91 Å². The Hall–Kier alpha value is -1.09. The van der Waals surface area contributed by atoms with Gasteiger partial charge in [-0.25, -0.2) is 0 Å². The van der Waals surface area contributed by atoms with Gasteiger partial charge in [0, 0.05) is 36.7 Å². The lowest BCUT2D eigenvalue weighted by Crippen LogP contribution is -2.38. The Morgan fingerprint density at radius 1 is 1.32 bits per heavy atom. The Morgan fingerprint density at radius 2 is 2.05 bits per heavy atom. The summed E-state index contributed by atoms with van der Waals surface area (Å²) in [6, 6.07) is 7.33. The van der Waals surface area contributed by atoms with Crippen LogP contribution in [0.1, 0.15) is 16.8 Å². The second-order valence-corrected chi connectivity index (χ2v) is 5.20. The molecule has 0 aliphatic heterocycles. The normalized spacial score (nSPS) is 10.4. The van der Waals surface area contributed by atoms with Gasteiger partial charge in [0.1, 0.15) is 0 Å². The van der Waals surface area contributed by atoms with Crippen molar-refractivity contribution in [3.05, 3.63) is 47.0 Å². The van der Waals surface area contributed by atoms with Crippen LogP contribution in [0, 0.1) is 0 Å². The third-order valence-corrected chi connectivity index (χ3v) is 3.15. The molecular weight excluding hydrogens is 459 g/mol. The molecule has 0 saturated heterocycles. The number of rotatable bonds is 7. The summed E-state index contributed by atoms with van der Waals surface area (Å²) in [4.78, 5) is 16.0. The Kier molecular flexibility index (Phi) is 11.8. The van der Waals surface area contributed by atoms with Crippen LogP contribution in [0.25, 0.3) is 0 Å². The lowest BCUT2D eigenvalue weighted by atomic mass is 10.2. The van der Waals surface area contributed by atoms with E-state index in [0.29, 0.717) is 18.7 Å². The molecule has 1 amide bonds. The summed E-state index contributed by atoms with van der Waals surface area (Å²) in [6.07, 6.45) is 2.58. The monoisotopic (exact) mass is 480 g/mol. The predicted molar refractivity (Wildman–Crippen MR) is 106 cm³/mol. The first-order valence-electron chi connectivity index (χ1n) is 6.76. The summed E-state index contributed by atoms with van der Waals surface area (Å²) in [5.41, 5.74) is 0.654. The highest BCUT2D eigenvalue weighted by atomic mass is 127. The Labute approximate surface area is 157 Å². The fraction of sp³-hybridized carbons (Fsp3) is 0.333. The number of carbonyl (C=O) groups is 1. The fourth-order valence-corrected chi connectivity index (χ4v) is 2.02. The smallest absolute Gasteiger partial charge is 0.251 e. The standard InChI is InChI=1S/C15H21BrN4O.HI/c1-3-8-19-15(17-2)20-10-5-9-18-14(21)12-6-4-7-13(16)11-12;/h3-4,6-7,11H,1,5,8-10H2,2H3,(H,18,21)(H2,17,19,20);1H. The molecule has 1 aromatic carbocycles. The highest BCUT2D eigenvalue weighted by Crippen LogP contribution is 2.11. The largest absolute Gasteiger partial charge is 0.356 e. The number of amides is 1. The van der Waals surface area contributed by atoms with E-state index in [1.165, 1.54) is 0 Å². The Morgan fingerprint density at radius 3 is 2.68 bits per heavy atom. The van der Waals surface area contributed by atoms with E-state index in [2.05, 4.69) is 43.5 Å². The summed E-state index contributed by atoms with van der Waals surface area (Å²) in [7, 11) is 1.72. The van der Waals surface area contributed by atoms with E-state index in [1.54, 1.807) is 25.3 Å². The lowest BCUT2D eigenvalue weighted by molar-refractivity contribution is 0.0953. The molecule has 22 heavy (non-hydrogen) atoms. The topological polar surface area (TPSA) is 65.5 Å². The van der Waals surface area contributed by atoms with Crippen LogP contribution in [0.5, 0.6) is 0 Å². The molecule has 0 aliphatic rings. The first-order valence-corrected chi connectivity index (χ1v) is 7.56. The molecule has 7 heteroatoms. The van der Waals surface area contributed by atoms with Gasteiger partial charge in [0.2, 0.25) is 0 Å². The van der Waals surface area contributed by atoms with Crippen LogP contribution >= 0.6 is 39.9 Å². The maximum atomic E-state index is 11.9. The third kappa shape index (κ3) is 8.38. The van der Waals surface area contributed by atoms with Gasteiger partial charge in [-0.1, -0.05) is 28.1 Å². The number of carbonyl (C=O) groups excluding carboxylic acids is 1. The minimum atomic E-state index is -0.0644. The molecule has 0 aromatic heterocycles. The second kappa shape index (κ2) is 12.5. The van der Waals surface area contributed by atoms with E-state index in [9.17, 15) is 4.79 Å². The molecule has 0 fully saturated rings. The Bertz CT molecular complexity index is 508. The van der Waals surface area contributed by atoms with Crippen molar-refractivity contribution in [1.29, 1.82) is 0 Å². The molecule has 3 N–H and O–H groups in total. The maximum absolute atomic E-state index is 11.9. The van der Waals surface area contributed by atoms with Crippen LogP contribution < -0.4 is 16.0 Å². The number of benzene rings is 1. The quantitative estimate of drug-likeness (QED) is 0.185. The fourth-order valence-electron chi connectivity index (χ4n) is 1.62. The van der Waals surface area contributed by atoms with Gasteiger partial charge in [0.15, 0.2) is 5.96 Å². The molecular formula is C15H22BrIN4O. The molecule has 0 radical (unpaired) electrons. The van der Waals surface area contributed by atoms with Gasteiger partial charge in [-0.3, -0.25) is 9.79 Å². The van der Waals surface area contributed by atoms with Gasteiger partial charge < -0.3 is 16.0 Å². The van der Waals surface area contributed by atoms with Crippen molar-refractivity contribution in [2.45, 2.75) is 6.42 Å². The van der Waals surface area contributed by atoms with Crippen LogP contribution in [-0.2, 0) is 0 Å². The van der Waals surface area contributed by atoms with Crippen molar-refractivity contribution in [1.82, 2.24) is 16.0 Å². The average molecular weight is 481 g/mol. The number of guanidine groups is 1. The van der Waals surface area contributed by atoms with Gasteiger partial charge in [-0.2, -0.15) is 0 Å². The van der Waals surface area contributed by atoms with Crippen LogP contribution in [0.3, 0.4) is 0 Å². The summed E-state index contributed by atoms with van der Waals surface area (Å²) < 4.78 is 0.897. The second-order valence-electron chi connectivity index (χ2n) is 4.29. The summed E-state index contributed by atoms with van der Waals surface area (Å²) in [5, 5.41) is 9.12. The third-order valence-electron chi connectivity index (χ3n) is 2.66. The number of aliphatic imine (C=N–C) groups is 1. The number of nitrogens with zero attached hydrogens (tertiary/aromatic N) is 1. The zero-order valence-electron chi connectivity index (χ0n) is 12.6. The molecule has 0 atom stereocenters. The molecule has 122 valence electrons. The van der Waals surface area contributed by atoms with Crippen LogP contribution in [-0.4, -0.2) is 38.5 Å². The van der Waals surface area contributed by atoms with Gasteiger partial charge in [-0.05, 0) is 24.6 Å². The Balaban J connectivity index is 0.00000441. The molecule has 0 saturated carbocycles. The maximum Gasteiger partial charge on any atom is 0.251 e. The molecule has 5 nitrogen and oxygen atoms in total. The van der Waals surface area contributed by atoms with Gasteiger partial charge in [-0.15, -0.1) is 30.6 Å². The predicted octanol–water partition coefficient (Wildman–Crippen LogP) is 2.54. The minimum Gasteiger partial charge on any atom is -0.356 e. The van der Waals surface area contributed by atoms with E-state index in [4.69, 9.17) is 0 Å². The lowest BCUT2D eigenvalue weighted by Gasteiger charge is -2.10. The van der Waals surface area contributed by atoms with Crippen molar-refractivity contribution < 1.29 is 4.79 Å². The molecule has 0 heterocycles. The average Bonchev–Trinajstić information content (AvgIpc) is 2.49. The highest BCUT2D eigenvalue weighted by Gasteiger charge is 2.04. The minimum absolute atomic E-state index is 0. The number of hydrogen-bond acceptors (Lipinski definition) is 2. The number of nitrogens with one attached hydrogen (secondary N) is 3. The van der Waals surface area contributed by atoms with Gasteiger partial charge in [0.05, 0.1) is 0 Å². The van der Waals surface area contributed by atoms with Crippen LogP contribution in [0.15, 0.2) is 46.4 Å². The van der Waals surface area contributed by atoms with Crippen molar-refractivity contribution in [2.75, 3.05) is 26.7 Å². The van der Waals surface area contributed by atoms with E-state index in [1.807, 2.05) is 12.1 Å². The molecule has 1 rings (SSSR count). The van der Waals surface area contributed by atoms with Crippen molar-refractivity contribution >= 4 is 51.8 Å². The zero-order chi connectivity index (χ0) is 15.5. The van der Waals surface area contributed by atoms with Gasteiger partial charge >= 0.3 is 0 Å².